The normalized spacial score (nSPS) is 22.5. The molecule has 0 bridgehead atoms. The number of aryl methyl sites for hydroxylation is 1. The van der Waals surface area contributed by atoms with Gasteiger partial charge in [-0.1, -0.05) is 0 Å². The number of aromatic nitrogens is 3. The number of nitrogens with one attached hydrogen (secondary N) is 3. The maximum Gasteiger partial charge on any atom is 0.407 e. The number of nitrogens with zero attached hydrogens (tertiary/aromatic N) is 2. The molecule has 0 saturated heterocycles. The highest BCUT2D eigenvalue weighted by Gasteiger charge is 2.32. The number of ether oxygens (including phenoxy) is 1. The first-order valence-corrected chi connectivity index (χ1v) is 11.8. The minimum absolute atomic E-state index is 0.0894. The molecule has 1 aliphatic heterocycles. The van der Waals surface area contributed by atoms with Gasteiger partial charge in [-0.15, -0.1) is 0 Å². The van der Waals surface area contributed by atoms with E-state index in [4.69, 9.17) is 4.74 Å². The Morgan fingerprint density at radius 1 is 1.30 bits per heavy atom. The molecule has 1 fully saturated rings. The summed E-state index contributed by atoms with van der Waals surface area (Å²) in [5, 5.41) is 13.3. The molecule has 10 heteroatoms. The van der Waals surface area contributed by atoms with Crippen molar-refractivity contribution in [2.24, 2.45) is 0 Å². The number of carbonyl (C=O) groups is 1. The van der Waals surface area contributed by atoms with Crippen LogP contribution in [0.1, 0.15) is 57.3 Å². The van der Waals surface area contributed by atoms with Crippen molar-refractivity contribution in [1.82, 2.24) is 20.5 Å². The molecule has 2 atom stereocenters. The molecule has 0 spiro atoms. The Bertz CT molecular complexity index is 1060. The zero-order valence-corrected chi connectivity index (χ0v) is 18.2. The van der Waals surface area contributed by atoms with E-state index in [1.54, 1.807) is 12.3 Å². The molecule has 3 N–H and O–H groups in total. The average Bonchev–Trinajstić information content (AvgIpc) is 3.33. The lowest BCUT2D eigenvalue weighted by atomic mass is 10.0. The van der Waals surface area contributed by atoms with Crippen LogP contribution in [0.2, 0.25) is 0 Å². The number of hydrogen-bond acceptors (Lipinski definition) is 7. The number of hydrogen-bond donors (Lipinski definition) is 3. The van der Waals surface area contributed by atoms with Crippen LogP contribution >= 0.6 is 0 Å². The van der Waals surface area contributed by atoms with Gasteiger partial charge in [0.25, 0.3) is 0 Å². The Morgan fingerprint density at radius 2 is 2.10 bits per heavy atom. The van der Waals surface area contributed by atoms with E-state index in [1.165, 1.54) is 0 Å². The van der Waals surface area contributed by atoms with Gasteiger partial charge in [0.2, 0.25) is 0 Å². The molecular weight excluding hydrogens is 406 g/mol. The van der Waals surface area contributed by atoms with Crippen molar-refractivity contribution >= 4 is 27.4 Å². The van der Waals surface area contributed by atoms with Crippen molar-refractivity contribution in [2.75, 3.05) is 11.1 Å². The van der Waals surface area contributed by atoms with E-state index < -0.39 is 15.9 Å². The number of fused-ring (bicyclic) bond motifs is 1. The molecule has 4 rings (SSSR count). The Labute approximate surface area is 175 Å². The Kier molecular flexibility index (Phi) is 5.21. The molecule has 0 radical (unpaired) electrons. The number of pyridine rings is 1. The zero-order chi connectivity index (χ0) is 21.5. The van der Waals surface area contributed by atoms with E-state index in [-0.39, 0.29) is 28.2 Å². The van der Waals surface area contributed by atoms with Crippen LogP contribution in [0.25, 0.3) is 0 Å². The van der Waals surface area contributed by atoms with E-state index >= 15 is 0 Å². The summed E-state index contributed by atoms with van der Waals surface area (Å²) in [4.78, 5) is 16.5. The van der Waals surface area contributed by atoms with Crippen LogP contribution < -0.4 is 10.6 Å². The van der Waals surface area contributed by atoms with Crippen LogP contribution in [0.3, 0.4) is 0 Å². The fraction of sp³-hybridized carbons (Fsp3) is 0.550. The molecule has 162 valence electrons. The second-order valence-electron chi connectivity index (χ2n) is 8.95. The van der Waals surface area contributed by atoms with Gasteiger partial charge in [-0.3, -0.25) is 10.1 Å². The molecule has 1 unspecified atom stereocenters. The summed E-state index contributed by atoms with van der Waals surface area (Å²) in [6.45, 7) is 5.73. The van der Waals surface area contributed by atoms with Gasteiger partial charge in [0.05, 0.1) is 17.1 Å². The summed E-state index contributed by atoms with van der Waals surface area (Å²) < 4.78 is 30.2. The number of amides is 1. The Morgan fingerprint density at radius 3 is 2.87 bits per heavy atom. The number of sulfone groups is 1. The van der Waals surface area contributed by atoms with Crippen LogP contribution in [0.5, 0.6) is 0 Å². The first-order chi connectivity index (χ1) is 14.1. The number of carbonyl (C=O) groups excluding carboxylic acids is 1. The van der Waals surface area contributed by atoms with Crippen LogP contribution in [0.4, 0.5) is 16.3 Å². The lowest BCUT2D eigenvalue weighted by molar-refractivity contribution is 0.0936. The second kappa shape index (κ2) is 7.57. The molecule has 30 heavy (non-hydrogen) atoms. The van der Waals surface area contributed by atoms with Crippen LogP contribution in [0, 0.1) is 0 Å². The van der Waals surface area contributed by atoms with Crippen LogP contribution in [0.15, 0.2) is 23.2 Å². The summed E-state index contributed by atoms with van der Waals surface area (Å²) >= 11 is 0. The maximum absolute atomic E-state index is 12.3. The van der Waals surface area contributed by atoms with Gasteiger partial charge >= 0.3 is 6.09 Å². The molecule has 1 amide bonds. The number of rotatable bonds is 4. The third-order valence-electron chi connectivity index (χ3n) is 5.33. The number of anilines is 2. The maximum atomic E-state index is 12.3. The largest absolute Gasteiger partial charge is 0.446 e. The van der Waals surface area contributed by atoms with Crippen molar-refractivity contribution in [2.45, 2.75) is 68.9 Å². The highest BCUT2D eigenvalue weighted by Crippen LogP contribution is 2.37. The number of aromatic amines is 1. The predicted molar refractivity (Wildman–Crippen MR) is 112 cm³/mol. The van der Waals surface area contributed by atoms with E-state index in [2.05, 4.69) is 25.8 Å². The minimum atomic E-state index is -3.31. The SMILES string of the molecule is CC(C)(C)NC(=O)OC1CC[C@H](c2cc(Nc3ccnc4c3S(=O)(=O)CC4)n[nH]2)C1. The predicted octanol–water partition coefficient (Wildman–Crippen LogP) is 3.04. The highest BCUT2D eigenvalue weighted by atomic mass is 32.2. The smallest absolute Gasteiger partial charge is 0.407 e. The van der Waals surface area contributed by atoms with E-state index in [0.29, 0.717) is 23.6 Å². The molecule has 1 saturated carbocycles. The van der Waals surface area contributed by atoms with E-state index in [0.717, 1.165) is 25.0 Å². The van der Waals surface area contributed by atoms with E-state index in [9.17, 15) is 13.2 Å². The van der Waals surface area contributed by atoms with Crippen molar-refractivity contribution in [3.05, 3.63) is 29.7 Å². The standard InChI is InChI=1S/C20H27N5O4S/c1-20(2,3)23-19(26)29-13-5-4-12(10-13)16-11-17(25-24-16)22-15-6-8-21-14-7-9-30(27,28)18(14)15/h6,8,11-13H,4-5,7,9-10H2,1-3H3,(H,23,26)(H2,21,22,24,25)/t12-,13?/m0/s1. The lowest BCUT2D eigenvalue weighted by Crippen LogP contribution is -2.42. The summed E-state index contributed by atoms with van der Waals surface area (Å²) in [6.07, 6.45) is 3.91. The number of alkyl carbamates (subject to hydrolysis) is 1. The Balaban J connectivity index is 1.40. The molecule has 3 heterocycles. The van der Waals surface area contributed by atoms with Crippen LogP contribution in [-0.2, 0) is 21.0 Å². The van der Waals surface area contributed by atoms with Crippen molar-refractivity contribution in [3.63, 3.8) is 0 Å². The molecule has 9 nitrogen and oxygen atoms in total. The molecular formula is C20H27N5O4S. The highest BCUT2D eigenvalue weighted by molar-refractivity contribution is 7.91. The minimum Gasteiger partial charge on any atom is -0.446 e. The summed E-state index contributed by atoms with van der Waals surface area (Å²) in [7, 11) is -3.31. The van der Waals surface area contributed by atoms with Gasteiger partial charge in [0, 0.05) is 35.8 Å². The van der Waals surface area contributed by atoms with Gasteiger partial charge in [-0.25, -0.2) is 13.2 Å². The van der Waals surface area contributed by atoms with Crippen molar-refractivity contribution < 1.29 is 17.9 Å². The lowest BCUT2D eigenvalue weighted by Gasteiger charge is -2.22. The average molecular weight is 434 g/mol. The molecule has 2 aliphatic rings. The molecule has 2 aromatic rings. The molecule has 0 aromatic carbocycles. The topological polar surface area (TPSA) is 126 Å². The van der Waals surface area contributed by atoms with Crippen molar-refractivity contribution in [1.29, 1.82) is 0 Å². The first kappa shape index (κ1) is 20.6. The quantitative estimate of drug-likeness (QED) is 0.676. The summed E-state index contributed by atoms with van der Waals surface area (Å²) in [6, 6.07) is 3.54. The van der Waals surface area contributed by atoms with Gasteiger partial charge in [-0.2, -0.15) is 5.10 Å². The third kappa shape index (κ3) is 4.43. The summed E-state index contributed by atoms with van der Waals surface area (Å²) in [5.74, 6) is 0.842. The zero-order valence-electron chi connectivity index (χ0n) is 17.4. The second-order valence-corrected chi connectivity index (χ2v) is 11.0. The molecule has 2 aromatic heterocycles. The molecule has 1 aliphatic carbocycles. The van der Waals surface area contributed by atoms with E-state index in [1.807, 2.05) is 26.8 Å². The third-order valence-corrected chi connectivity index (χ3v) is 7.15. The van der Waals surface area contributed by atoms with Gasteiger partial charge < -0.3 is 15.4 Å². The van der Waals surface area contributed by atoms with Crippen molar-refractivity contribution in [3.8, 4) is 0 Å². The van der Waals surface area contributed by atoms with Gasteiger partial charge in [0.15, 0.2) is 15.7 Å². The van der Waals surface area contributed by atoms with Gasteiger partial charge in [0.1, 0.15) is 11.0 Å². The Hall–Kier alpha value is -2.62. The number of H-pyrrole nitrogens is 1. The monoisotopic (exact) mass is 433 g/mol. The van der Waals surface area contributed by atoms with Gasteiger partial charge in [-0.05, 0) is 46.1 Å². The first-order valence-electron chi connectivity index (χ1n) is 10.1. The fourth-order valence-electron chi connectivity index (χ4n) is 4.01. The van der Waals surface area contributed by atoms with Crippen LogP contribution in [-0.4, -0.2) is 47.1 Å². The summed E-state index contributed by atoms with van der Waals surface area (Å²) in [5.41, 5.74) is 1.70. The fourth-order valence-corrected chi connectivity index (χ4v) is 5.65.